The lowest BCUT2D eigenvalue weighted by Crippen LogP contribution is -2.17. The van der Waals surface area contributed by atoms with Crippen molar-refractivity contribution in [2.45, 2.75) is 52.4 Å². The lowest BCUT2D eigenvalue weighted by atomic mass is 9.78. The van der Waals surface area contributed by atoms with Crippen LogP contribution in [0.15, 0.2) is 60.7 Å². The van der Waals surface area contributed by atoms with E-state index in [0.717, 1.165) is 0 Å². The topological polar surface area (TPSA) is 0 Å². The van der Waals surface area contributed by atoms with Gasteiger partial charge in [-0.2, -0.15) is 0 Å². The van der Waals surface area contributed by atoms with Gasteiger partial charge in [0.2, 0.25) is 0 Å². The molecule has 3 aromatic rings. The van der Waals surface area contributed by atoms with Crippen LogP contribution < -0.4 is 0 Å². The molecule has 4 rings (SSSR count). The Bertz CT molecular complexity index is 980. The molecule has 132 valence electrons. The highest BCUT2D eigenvalue weighted by Crippen LogP contribution is 2.50. The third kappa shape index (κ3) is 2.60. The van der Waals surface area contributed by atoms with Gasteiger partial charge in [-0.25, -0.2) is 0 Å². The molecular formula is C26H28. The van der Waals surface area contributed by atoms with Crippen molar-refractivity contribution in [1.82, 2.24) is 0 Å². The average molecular weight is 341 g/mol. The fourth-order valence-electron chi connectivity index (χ4n) is 4.13. The van der Waals surface area contributed by atoms with Crippen LogP contribution in [-0.2, 0) is 10.8 Å². The van der Waals surface area contributed by atoms with Gasteiger partial charge >= 0.3 is 0 Å². The first-order valence-electron chi connectivity index (χ1n) is 9.55. The Morgan fingerprint density at radius 3 is 1.81 bits per heavy atom. The lowest BCUT2D eigenvalue weighted by molar-refractivity contribution is 0.584. The summed E-state index contributed by atoms with van der Waals surface area (Å²) in [6.07, 6.45) is 0. The van der Waals surface area contributed by atoms with E-state index in [1.807, 2.05) is 0 Å². The van der Waals surface area contributed by atoms with Gasteiger partial charge in [0.1, 0.15) is 0 Å². The number of benzene rings is 3. The van der Waals surface area contributed by atoms with Crippen molar-refractivity contribution in [2.75, 3.05) is 0 Å². The summed E-state index contributed by atoms with van der Waals surface area (Å²) in [5.41, 5.74) is 11.2. The molecule has 0 aliphatic heterocycles. The van der Waals surface area contributed by atoms with Gasteiger partial charge in [-0.1, -0.05) is 94.8 Å². The maximum Gasteiger partial charge on any atom is 0.0159 e. The van der Waals surface area contributed by atoms with Crippen LogP contribution >= 0.6 is 0 Å². The normalized spacial score (nSPS) is 14.8. The van der Waals surface area contributed by atoms with Gasteiger partial charge in [0.05, 0.1) is 0 Å². The predicted octanol–water partition coefficient (Wildman–Crippen LogP) is 7.27. The molecule has 26 heavy (non-hydrogen) atoms. The highest BCUT2D eigenvalue weighted by Gasteiger charge is 2.36. The first-order valence-corrected chi connectivity index (χ1v) is 9.55. The van der Waals surface area contributed by atoms with E-state index in [9.17, 15) is 0 Å². The first-order chi connectivity index (χ1) is 12.2. The molecule has 0 heteroatoms. The highest BCUT2D eigenvalue weighted by atomic mass is 14.4. The molecule has 3 aromatic carbocycles. The molecule has 0 amide bonds. The van der Waals surface area contributed by atoms with Gasteiger partial charge in [0.25, 0.3) is 0 Å². The van der Waals surface area contributed by atoms with Crippen LogP contribution in [0.3, 0.4) is 0 Å². The summed E-state index contributed by atoms with van der Waals surface area (Å²) >= 11 is 0. The minimum absolute atomic E-state index is 0.0344. The van der Waals surface area contributed by atoms with E-state index >= 15 is 0 Å². The Morgan fingerprint density at radius 2 is 1.19 bits per heavy atom. The van der Waals surface area contributed by atoms with Crippen LogP contribution in [0.2, 0.25) is 0 Å². The van der Waals surface area contributed by atoms with Gasteiger partial charge in [0, 0.05) is 5.41 Å². The second-order valence-electron chi connectivity index (χ2n) is 9.26. The molecular weight excluding hydrogens is 312 g/mol. The molecule has 0 fully saturated rings. The molecule has 0 saturated heterocycles. The van der Waals surface area contributed by atoms with E-state index in [4.69, 9.17) is 0 Å². The molecule has 0 heterocycles. The molecule has 0 nitrogen and oxygen atoms in total. The van der Waals surface area contributed by atoms with Crippen molar-refractivity contribution in [1.29, 1.82) is 0 Å². The van der Waals surface area contributed by atoms with Gasteiger partial charge in [-0.3, -0.25) is 0 Å². The Hall–Kier alpha value is -2.34. The molecule has 0 atom stereocenters. The Balaban J connectivity index is 1.86. The summed E-state index contributed by atoms with van der Waals surface area (Å²) in [7, 11) is 0. The zero-order valence-electron chi connectivity index (χ0n) is 16.8. The van der Waals surface area contributed by atoms with E-state index in [0.29, 0.717) is 0 Å². The quantitative estimate of drug-likeness (QED) is 0.437. The van der Waals surface area contributed by atoms with Crippen LogP contribution in [-0.4, -0.2) is 0 Å². The summed E-state index contributed by atoms with van der Waals surface area (Å²) in [4.78, 5) is 0. The minimum atomic E-state index is 0.0344. The number of aryl methyl sites for hydroxylation is 1. The van der Waals surface area contributed by atoms with E-state index < -0.39 is 0 Å². The van der Waals surface area contributed by atoms with Crippen LogP contribution in [0.25, 0.3) is 22.3 Å². The Morgan fingerprint density at radius 1 is 0.654 bits per heavy atom. The third-order valence-electron chi connectivity index (χ3n) is 5.93. The van der Waals surface area contributed by atoms with Crippen molar-refractivity contribution in [3.05, 3.63) is 82.9 Å². The molecule has 0 bridgehead atoms. The molecule has 0 saturated carbocycles. The molecule has 0 unspecified atom stereocenters. The molecule has 0 aromatic heterocycles. The largest absolute Gasteiger partial charge is 0.0587 e. The summed E-state index contributed by atoms with van der Waals surface area (Å²) in [5, 5.41) is 0. The number of hydrogen-bond donors (Lipinski definition) is 0. The summed E-state index contributed by atoms with van der Waals surface area (Å²) in [6.45, 7) is 13.7. The zero-order valence-corrected chi connectivity index (χ0v) is 16.8. The monoisotopic (exact) mass is 340 g/mol. The molecule has 1 aliphatic rings. The fraction of sp³-hybridized carbons (Fsp3) is 0.308. The maximum atomic E-state index is 2.43. The van der Waals surface area contributed by atoms with Gasteiger partial charge in [0.15, 0.2) is 0 Å². The van der Waals surface area contributed by atoms with E-state index in [1.54, 1.807) is 0 Å². The Labute approximate surface area is 157 Å². The minimum Gasteiger partial charge on any atom is -0.0587 e. The van der Waals surface area contributed by atoms with Crippen LogP contribution in [0, 0.1) is 6.92 Å². The summed E-state index contributed by atoms with van der Waals surface area (Å²) < 4.78 is 0. The third-order valence-corrected chi connectivity index (χ3v) is 5.93. The molecule has 1 aliphatic carbocycles. The molecule has 0 radical (unpaired) electrons. The Kier molecular flexibility index (Phi) is 3.67. The number of rotatable bonds is 1. The molecule has 0 N–H and O–H groups in total. The van der Waals surface area contributed by atoms with Crippen LogP contribution in [0.5, 0.6) is 0 Å². The van der Waals surface area contributed by atoms with E-state index in [-0.39, 0.29) is 10.8 Å². The number of fused-ring (bicyclic) bond motifs is 3. The van der Waals surface area contributed by atoms with E-state index in [1.165, 1.54) is 44.5 Å². The number of hydrogen-bond acceptors (Lipinski definition) is 0. The average Bonchev–Trinajstić information content (AvgIpc) is 2.82. The van der Waals surface area contributed by atoms with E-state index in [2.05, 4.69) is 102 Å². The van der Waals surface area contributed by atoms with Crippen LogP contribution in [0.1, 0.15) is 56.9 Å². The van der Waals surface area contributed by atoms with Crippen LogP contribution in [0.4, 0.5) is 0 Å². The van der Waals surface area contributed by atoms with Crippen molar-refractivity contribution in [3.63, 3.8) is 0 Å². The zero-order chi connectivity index (χ0) is 18.7. The standard InChI is InChI=1S/C26H28/c1-17-7-9-18(10-8-17)19-11-13-21-22-14-12-20(25(2,3)4)16-24(22)26(5,6)23(21)15-19/h7-16H,1-6H3. The van der Waals surface area contributed by atoms with Crippen molar-refractivity contribution in [2.24, 2.45) is 0 Å². The van der Waals surface area contributed by atoms with Crippen molar-refractivity contribution < 1.29 is 0 Å². The first kappa shape index (κ1) is 17.1. The van der Waals surface area contributed by atoms with Crippen molar-refractivity contribution >= 4 is 0 Å². The van der Waals surface area contributed by atoms with Gasteiger partial charge in [-0.15, -0.1) is 0 Å². The van der Waals surface area contributed by atoms with Gasteiger partial charge in [-0.05, 0) is 57.3 Å². The predicted molar refractivity (Wildman–Crippen MR) is 113 cm³/mol. The summed E-state index contributed by atoms with van der Waals surface area (Å²) in [5.74, 6) is 0. The fourth-order valence-corrected chi connectivity index (χ4v) is 4.13. The smallest absolute Gasteiger partial charge is 0.0159 e. The maximum absolute atomic E-state index is 2.43. The SMILES string of the molecule is Cc1ccc(-c2ccc3c(c2)C(C)(C)c2cc(C(C)(C)C)ccc2-3)cc1. The molecule has 0 spiro atoms. The van der Waals surface area contributed by atoms with Crippen molar-refractivity contribution in [3.8, 4) is 22.3 Å². The highest BCUT2D eigenvalue weighted by molar-refractivity contribution is 5.83. The summed E-state index contributed by atoms with van der Waals surface area (Å²) in [6, 6.07) is 22.9. The lowest BCUT2D eigenvalue weighted by Gasteiger charge is -2.25. The second kappa shape index (κ2) is 5.58. The van der Waals surface area contributed by atoms with Gasteiger partial charge < -0.3 is 0 Å². The second-order valence-corrected chi connectivity index (χ2v) is 9.26.